The van der Waals surface area contributed by atoms with E-state index in [1.807, 2.05) is 13.8 Å². The van der Waals surface area contributed by atoms with Gasteiger partial charge in [-0.05, 0) is 43.4 Å². The summed E-state index contributed by atoms with van der Waals surface area (Å²) in [6.45, 7) is 7.62. The minimum absolute atomic E-state index is 0.105. The predicted molar refractivity (Wildman–Crippen MR) is 86.0 cm³/mol. The molecule has 1 amide bonds. The van der Waals surface area contributed by atoms with Crippen LogP contribution in [0.3, 0.4) is 0 Å². The number of carbonyl (C=O) groups excluding carboxylic acids is 1. The highest BCUT2D eigenvalue weighted by molar-refractivity contribution is 5.78. The Bertz CT molecular complexity index is 360. The zero-order valence-electron chi connectivity index (χ0n) is 13.8. The van der Waals surface area contributed by atoms with Gasteiger partial charge < -0.3 is 10.2 Å². The van der Waals surface area contributed by atoms with Crippen LogP contribution in [-0.2, 0) is 4.79 Å². The SMILES string of the molecule is CC(C)C(=O)NC1CC(CC2CC2)CN(CC2CCC2)C1. The van der Waals surface area contributed by atoms with Crippen molar-refractivity contribution in [2.45, 2.75) is 64.8 Å². The third-order valence-electron chi connectivity index (χ3n) is 5.59. The summed E-state index contributed by atoms with van der Waals surface area (Å²) in [5, 5.41) is 3.30. The number of rotatable bonds is 6. The highest BCUT2D eigenvalue weighted by Gasteiger charge is 2.34. The third-order valence-corrected chi connectivity index (χ3v) is 5.59. The Morgan fingerprint density at radius 2 is 1.86 bits per heavy atom. The van der Waals surface area contributed by atoms with Crippen molar-refractivity contribution in [2.24, 2.45) is 23.7 Å². The topological polar surface area (TPSA) is 32.3 Å². The van der Waals surface area contributed by atoms with E-state index in [2.05, 4.69) is 10.2 Å². The van der Waals surface area contributed by atoms with Crippen molar-refractivity contribution in [1.29, 1.82) is 0 Å². The largest absolute Gasteiger partial charge is 0.352 e. The van der Waals surface area contributed by atoms with Gasteiger partial charge in [0.25, 0.3) is 0 Å². The number of piperidine rings is 1. The molecule has 3 nitrogen and oxygen atoms in total. The van der Waals surface area contributed by atoms with Crippen LogP contribution in [0.15, 0.2) is 0 Å². The van der Waals surface area contributed by atoms with Crippen molar-refractivity contribution in [1.82, 2.24) is 10.2 Å². The van der Waals surface area contributed by atoms with E-state index in [4.69, 9.17) is 0 Å². The Morgan fingerprint density at radius 3 is 2.43 bits per heavy atom. The van der Waals surface area contributed by atoms with Gasteiger partial charge in [0.1, 0.15) is 0 Å². The lowest BCUT2D eigenvalue weighted by atomic mass is 9.83. The minimum Gasteiger partial charge on any atom is -0.352 e. The molecule has 1 heterocycles. The second kappa shape index (κ2) is 6.68. The molecular weight excluding hydrogens is 260 g/mol. The smallest absolute Gasteiger partial charge is 0.222 e. The van der Waals surface area contributed by atoms with Crippen molar-refractivity contribution in [3.8, 4) is 0 Å². The summed E-state index contributed by atoms with van der Waals surface area (Å²) in [5.74, 6) is 3.08. The molecule has 21 heavy (non-hydrogen) atoms. The number of hydrogen-bond acceptors (Lipinski definition) is 2. The molecule has 3 fully saturated rings. The van der Waals surface area contributed by atoms with Gasteiger partial charge >= 0.3 is 0 Å². The van der Waals surface area contributed by atoms with Crippen LogP contribution in [0, 0.1) is 23.7 Å². The maximum absolute atomic E-state index is 12.0. The van der Waals surface area contributed by atoms with Crippen LogP contribution in [-0.4, -0.2) is 36.5 Å². The first-order valence-electron chi connectivity index (χ1n) is 9.13. The lowest BCUT2D eigenvalue weighted by Crippen LogP contribution is -2.52. The molecule has 0 radical (unpaired) electrons. The van der Waals surface area contributed by atoms with E-state index in [0.29, 0.717) is 6.04 Å². The number of likely N-dealkylation sites (tertiary alicyclic amines) is 1. The highest BCUT2D eigenvalue weighted by atomic mass is 16.1. The standard InChI is InChI=1S/C18H32N2O/c1-13(2)18(21)19-17-9-16(8-14-6-7-14)11-20(12-17)10-15-4-3-5-15/h13-17H,3-12H2,1-2H3,(H,19,21). The Labute approximate surface area is 129 Å². The van der Waals surface area contributed by atoms with Crippen LogP contribution < -0.4 is 5.32 Å². The Hall–Kier alpha value is -0.570. The lowest BCUT2D eigenvalue weighted by molar-refractivity contribution is -0.125. The maximum atomic E-state index is 12.0. The van der Waals surface area contributed by atoms with Crippen molar-refractivity contribution >= 4 is 5.91 Å². The molecule has 0 bridgehead atoms. The summed E-state index contributed by atoms with van der Waals surface area (Å²) in [7, 11) is 0. The average molecular weight is 292 g/mol. The fourth-order valence-electron chi connectivity index (χ4n) is 3.96. The van der Waals surface area contributed by atoms with Gasteiger partial charge in [-0.3, -0.25) is 4.79 Å². The molecule has 1 saturated heterocycles. The molecule has 2 atom stereocenters. The van der Waals surface area contributed by atoms with Gasteiger partial charge in [-0.25, -0.2) is 0 Å². The van der Waals surface area contributed by atoms with Gasteiger partial charge in [0.2, 0.25) is 5.91 Å². The molecule has 2 aliphatic carbocycles. The van der Waals surface area contributed by atoms with E-state index in [1.165, 1.54) is 58.0 Å². The zero-order chi connectivity index (χ0) is 14.8. The minimum atomic E-state index is 0.105. The zero-order valence-corrected chi connectivity index (χ0v) is 13.8. The summed E-state index contributed by atoms with van der Waals surface area (Å²) in [4.78, 5) is 14.7. The molecular formula is C18H32N2O. The van der Waals surface area contributed by atoms with Crippen LogP contribution in [0.2, 0.25) is 0 Å². The Kier molecular flexibility index (Phi) is 4.88. The normalized spacial score (nSPS) is 31.2. The molecule has 3 aliphatic rings. The van der Waals surface area contributed by atoms with Gasteiger partial charge in [-0.15, -0.1) is 0 Å². The maximum Gasteiger partial charge on any atom is 0.222 e. The average Bonchev–Trinajstić information content (AvgIpc) is 3.17. The van der Waals surface area contributed by atoms with Gasteiger partial charge in [0.15, 0.2) is 0 Å². The Morgan fingerprint density at radius 1 is 1.10 bits per heavy atom. The second-order valence-electron chi connectivity index (χ2n) is 8.16. The van der Waals surface area contributed by atoms with Crippen LogP contribution in [0.4, 0.5) is 0 Å². The van der Waals surface area contributed by atoms with E-state index in [-0.39, 0.29) is 11.8 Å². The highest BCUT2D eigenvalue weighted by Crippen LogP contribution is 2.38. The molecule has 120 valence electrons. The molecule has 2 unspecified atom stereocenters. The molecule has 3 heteroatoms. The van der Waals surface area contributed by atoms with Gasteiger partial charge in [0, 0.05) is 31.6 Å². The van der Waals surface area contributed by atoms with Crippen molar-refractivity contribution in [2.75, 3.05) is 19.6 Å². The van der Waals surface area contributed by atoms with Crippen LogP contribution >= 0.6 is 0 Å². The lowest BCUT2D eigenvalue weighted by Gasteiger charge is -2.41. The summed E-state index contributed by atoms with van der Waals surface area (Å²) in [6, 6.07) is 0.387. The van der Waals surface area contributed by atoms with Crippen molar-refractivity contribution < 1.29 is 4.79 Å². The number of amides is 1. The molecule has 2 saturated carbocycles. The summed E-state index contributed by atoms with van der Waals surface area (Å²) in [6.07, 6.45) is 9.77. The number of nitrogens with zero attached hydrogens (tertiary/aromatic N) is 1. The molecule has 0 aromatic heterocycles. The summed E-state index contributed by atoms with van der Waals surface area (Å²) in [5.41, 5.74) is 0. The Balaban J connectivity index is 1.54. The first-order chi connectivity index (χ1) is 10.1. The molecule has 1 N–H and O–H groups in total. The summed E-state index contributed by atoms with van der Waals surface area (Å²) >= 11 is 0. The number of carbonyl (C=O) groups is 1. The fraction of sp³-hybridized carbons (Fsp3) is 0.944. The first kappa shape index (κ1) is 15.3. The van der Waals surface area contributed by atoms with E-state index in [9.17, 15) is 4.79 Å². The van der Waals surface area contributed by atoms with Gasteiger partial charge in [-0.1, -0.05) is 33.1 Å². The molecule has 0 spiro atoms. The van der Waals surface area contributed by atoms with E-state index in [1.54, 1.807) is 0 Å². The first-order valence-corrected chi connectivity index (χ1v) is 9.13. The monoisotopic (exact) mass is 292 g/mol. The summed E-state index contributed by atoms with van der Waals surface area (Å²) < 4.78 is 0. The van der Waals surface area contributed by atoms with Gasteiger partial charge in [-0.2, -0.15) is 0 Å². The number of nitrogens with one attached hydrogen (secondary N) is 1. The molecule has 0 aromatic carbocycles. The van der Waals surface area contributed by atoms with E-state index in [0.717, 1.165) is 24.3 Å². The van der Waals surface area contributed by atoms with Crippen molar-refractivity contribution in [3.05, 3.63) is 0 Å². The third kappa shape index (κ3) is 4.45. The second-order valence-corrected chi connectivity index (χ2v) is 8.16. The number of hydrogen-bond donors (Lipinski definition) is 1. The van der Waals surface area contributed by atoms with Crippen LogP contribution in [0.1, 0.15) is 58.8 Å². The van der Waals surface area contributed by atoms with E-state index < -0.39 is 0 Å². The molecule has 0 aromatic rings. The van der Waals surface area contributed by atoms with E-state index >= 15 is 0 Å². The molecule has 3 rings (SSSR count). The van der Waals surface area contributed by atoms with Crippen molar-refractivity contribution in [3.63, 3.8) is 0 Å². The quantitative estimate of drug-likeness (QED) is 0.816. The predicted octanol–water partition coefficient (Wildman–Crippen LogP) is 3.05. The fourth-order valence-corrected chi connectivity index (χ4v) is 3.96. The van der Waals surface area contributed by atoms with Gasteiger partial charge in [0.05, 0.1) is 0 Å². The molecule has 1 aliphatic heterocycles. The van der Waals surface area contributed by atoms with Crippen LogP contribution in [0.25, 0.3) is 0 Å². The van der Waals surface area contributed by atoms with Crippen LogP contribution in [0.5, 0.6) is 0 Å².